The summed E-state index contributed by atoms with van der Waals surface area (Å²) in [6.07, 6.45) is 0. The zero-order valence-corrected chi connectivity index (χ0v) is 9.93. The zero-order chi connectivity index (χ0) is 11.4. The Morgan fingerprint density at radius 1 is 1.38 bits per heavy atom. The van der Waals surface area contributed by atoms with Crippen LogP contribution in [-0.2, 0) is 4.79 Å². The fraction of sp³-hybridized carbons (Fsp3) is 0.250. The number of allylic oxidation sites excluding steroid dienone is 1. The highest BCUT2D eigenvalue weighted by Crippen LogP contribution is 2.22. The topological polar surface area (TPSA) is 41.1 Å². The number of nitrogens with one attached hydrogen (secondary N) is 2. The Labute approximate surface area is 99.3 Å². The number of amides is 1. The maximum Gasteiger partial charge on any atom is 0.272 e. The number of rotatable bonds is 2. The lowest BCUT2D eigenvalue weighted by Crippen LogP contribution is -2.30. The molecule has 1 amide bonds. The summed E-state index contributed by atoms with van der Waals surface area (Å²) in [7, 11) is 0. The Morgan fingerprint density at radius 2 is 2.12 bits per heavy atom. The van der Waals surface area contributed by atoms with Crippen LogP contribution < -0.4 is 10.6 Å². The molecule has 3 nitrogen and oxygen atoms in total. The SMILES string of the molecule is CC1=C(C(=O)Nc2ccccc2)NCCS1. The number of anilines is 1. The highest BCUT2D eigenvalue weighted by molar-refractivity contribution is 8.03. The molecule has 16 heavy (non-hydrogen) atoms. The van der Waals surface area contributed by atoms with E-state index >= 15 is 0 Å². The van der Waals surface area contributed by atoms with Crippen LogP contribution in [0.3, 0.4) is 0 Å². The molecule has 1 aliphatic heterocycles. The van der Waals surface area contributed by atoms with Gasteiger partial charge in [-0.15, -0.1) is 11.8 Å². The van der Waals surface area contributed by atoms with Gasteiger partial charge in [0.25, 0.3) is 5.91 Å². The lowest BCUT2D eigenvalue weighted by molar-refractivity contribution is -0.113. The zero-order valence-electron chi connectivity index (χ0n) is 9.12. The van der Waals surface area contributed by atoms with Crippen molar-refractivity contribution in [2.45, 2.75) is 6.92 Å². The maximum absolute atomic E-state index is 11.9. The molecule has 2 rings (SSSR count). The number of thioether (sulfide) groups is 1. The van der Waals surface area contributed by atoms with Crippen molar-refractivity contribution in [1.82, 2.24) is 5.32 Å². The molecule has 0 atom stereocenters. The molecule has 0 aromatic heterocycles. The van der Waals surface area contributed by atoms with E-state index < -0.39 is 0 Å². The Kier molecular flexibility index (Phi) is 3.51. The molecule has 0 radical (unpaired) electrons. The minimum atomic E-state index is -0.0594. The van der Waals surface area contributed by atoms with E-state index in [9.17, 15) is 4.79 Å². The molecule has 0 bridgehead atoms. The van der Waals surface area contributed by atoms with E-state index in [0.717, 1.165) is 22.9 Å². The number of hydrogen-bond acceptors (Lipinski definition) is 3. The third kappa shape index (κ3) is 2.58. The van der Waals surface area contributed by atoms with Gasteiger partial charge in [0, 0.05) is 22.9 Å². The van der Waals surface area contributed by atoms with E-state index in [1.54, 1.807) is 11.8 Å². The second kappa shape index (κ2) is 5.07. The first-order chi connectivity index (χ1) is 7.77. The highest BCUT2D eigenvalue weighted by Gasteiger charge is 2.16. The molecular weight excluding hydrogens is 220 g/mol. The smallest absolute Gasteiger partial charge is 0.272 e. The summed E-state index contributed by atoms with van der Waals surface area (Å²) in [6.45, 7) is 2.82. The summed E-state index contributed by atoms with van der Waals surface area (Å²) in [5, 5.41) is 6.01. The molecule has 2 N–H and O–H groups in total. The van der Waals surface area contributed by atoms with Crippen LogP contribution in [0.5, 0.6) is 0 Å². The number of para-hydroxylation sites is 1. The van der Waals surface area contributed by atoms with Crippen molar-refractivity contribution in [3.8, 4) is 0 Å². The van der Waals surface area contributed by atoms with Crippen LogP contribution >= 0.6 is 11.8 Å². The van der Waals surface area contributed by atoms with Gasteiger partial charge in [0.15, 0.2) is 0 Å². The molecule has 1 aliphatic rings. The summed E-state index contributed by atoms with van der Waals surface area (Å²) in [4.78, 5) is 13.0. The molecule has 4 heteroatoms. The van der Waals surface area contributed by atoms with Gasteiger partial charge in [-0.2, -0.15) is 0 Å². The van der Waals surface area contributed by atoms with Crippen molar-refractivity contribution in [3.63, 3.8) is 0 Å². The minimum absolute atomic E-state index is 0.0594. The summed E-state index contributed by atoms with van der Waals surface area (Å²) in [5.74, 6) is 0.962. The van der Waals surface area contributed by atoms with E-state index in [1.807, 2.05) is 37.3 Å². The quantitative estimate of drug-likeness (QED) is 0.824. The van der Waals surface area contributed by atoms with Gasteiger partial charge >= 0.3 is 0 Å². The van der Waals surface area contributed by atoms with Crippen molar-refractivity contribution in [2.75, 3.05) is 17.6 Å². The number of benzene rings is 1. The summed E-state index contributed by atoms with van der Waals surface area (Å²) in [6, 6.07) is 9.49. The van der Waals surface area contributed by atoms with Crippen LogP contribution in [0.25, 0.3) is 0 Å². The number of hydrogen-bond donors (Lipinski definition) is 2. The van der Waals surface area contributed by atoms with E-state index in [1.165, 1.54) is 0 Å². The molecule has 0 aliphatic carbocycles. The number of carbonyl (C=O) groups excluding carboxylic acids is 1. The first kappa shape index (κ1) is 11.1. The average Bonchev–Trinajstić information content (AvgIpc) is 2.31. The lowest BCUT2D eigenvalue weighted by Gasteiger charge is -2.18. The Bertz CT molecular complexity index is 414. The molecule has 1 heterocycles. The molecule has 1 aromatic carbocycles. The Morgan fingerprint density at radius 3 is 2.81 bits per heavy atom. The lowest BCUT2D eigenvalue weighted by atomic mass is 10.3. The maximum atomic E-state index is 11.9. The minimum Gasteiger partial charge on any atom is -0.379 e. The molecule has 0 unspecified atom stereocenters. The second-order valence-electron chi connectivity index (χ2n) is 3.53. The molecule has 0 saturated carbocycles. The van der Waals surface area contributed by atoms with Crippen molar-refractivity contribution in [3.05, 3.63) is 40.9 Å². The fourth-order valence-electron chi connectivity index (χ4n) is 1.53. The molecule has 0 fully saturated rings. The molecule has 84 valence electrons. The van der Waals surface area contributed by atoms with Crippen LogP contribution in [0, 0.1) is 0 Å². The second-order valence-corrected chi connectivity index (χ2v) is 4.84. The van der Waals surface area contributed by atoms with E-state index in [4.69, 9.17) is 0 Å². The van der Waals surface area contributed by atoms with Gasteiger partial charge in [0.2, 0.25) is 0 Å². The van der Waals surface area contributed by atoms with Crippen LogP contribution in [0.4, 0.5) is 5.69 Å². The molecule has 0 saturated heterocycles. The predicted octanol–water partition coefficient (Wildman–Crippen LogP) is 2.19. The molecular formula is C12H14N2OS. The molecule has 0 spiro atoms. The first-order valence-corrected chi connectivity index (χ1v) is 6.20. The van der Waals surface area contributed by atoms with Gasteiger partial charge in [-0.3, -0.25) is 4.79 Å². The summed E-state index contributed by atoms with van der Waals surface area (Å²) < 4.78 is 0. The average molecular weight is 234 g/mol. The van der Waals surface area contributed by atoms with Crippen molar-refractivity contribution in [2.24, 2.45) is 0 Å². The van der Waals surface area contributed by atoms with Crippen LogP contribution in [0.2, 0.25) is 0 Å². The third-order valence-corrected chi connectivity index (χ3v) is 3.38. The summed E-state index contributed by atoms with van der Waals surface area (Å²) in [5.41, 5.74) is 1.52. The van der Waals surface area contributed by atoms with Crippen molar-refractivity contribution >= 4 is 23.4 Å². The largest absolute Gasteiger partial charge is 0.379 e. The van der Waals surface area contributed by atoms with Gasteiger partial charge in [-0.05, 0) is 19.1 Å². The van der Waals surface area contributed by atoms with Crippen LogP contribution in [-0.4, -0.2) is 18.2 Å². The van der Waals surface area contributed by atoms with Crippen LogP contribution in [0.1, 0.15) is 6.92 Å². The predicted molar refractivity (Wildman–Crippen MR) is 68.2 cm³/mol. The van der Waals surface area contributed by atoms with Gasteiger partial charge in [-0.1, -0.05) is 18.2 Å². The standard InChI is InChI=1S/C12H14N2OS/c1-9-11(13-7-8-16-9)12(15)14-10-5-3-2-4-6-10/h2-6,13H,7-8H2,1H3,(H,14,15). The van der Waals surface area contributed by atoms with E-state index in [2.05, 4.69) is 10.6 Å². The van der Waals surface area contributed by atoms with Crippen molar-refractivity contribution in [1.29, 1.82) is 0 Å². The van der Waals surface area contributed by atoms with Gasteiger partial charge < -0.3 is 10.6 Å². The van der Waals surface area contributed by atoms with E-state index in [0.29, 0.717) is 5.70 Å². The van der Waals surface area contributed by atoms with Gasteiger partial charge in [0.1, 0.15) is 5.70 Å². The normalized spacial score (nSPS) is 15.6. The summed E-state index contributed by atoms with van der Waals surface area (Å²) >= 11 is 1.72. The first-order valence-electron chi connectivity index (χ1n) is 5.21. The highest BCUT2D eigenvalue weighted by atomic mass is 32.2. The Hall–Kier alpha value is -1.42. The fourth-order valence-corrected chi connectivity index (χ4v) is 2.35. The van der Waals surface area contributed by atoms with Gasteiger partial charge in [-0.25, -0.2) is 0 Å². The van der Waals surface area contributed by atoms with Gasteiger partial charge in [0.05, 0.1) is 0 Å². The van der Waals surface area contributed by atoms with Crippen molar-refractivity contribution < 1.29 is 4.79 Å². The van der Waals surface area contributed by atoms with E-state index in [-0.39, 0.29) is 5.91 Å². The number of carbonyl (C=O) groups is 1. The van der Waals surface area contributed by atoms with Crippen LogP contribution in [0.15, 0.2) is 40.9 Å². The Balaban J connectivity index is 2.09. The monoisotopic (exact) mass is 234 g/mol. The third-order valence-electron chi connectivity index (χ3n) is 2.33. The molecule has 1 aromatic rings.